The van der Waals surface area contributed by atoms with Crippen LogP contribution in [0.2, 0.25) is 0 Å². The third-order valence-electron chi connectivity index (χ3n) is 9.30. The van der Waals surface area contributed by atoms with Crippen molar-refractivity contribution >= 4 is 5.65 Å². The van der Waals surface area contributed by atoms with E-state index in [0.717, 1.165) is 52.4 Å². The summed E-state index contributed by atoms with van der Waals surface area (Å²) >= 11 is 0. The molecule has 2 unspecified atom stereocenters. The molecule has 3 aliphatic heterocycles. The second kappa shape index (κ2) is 10.5. The predicted molar refractivity (Wildman–Crippen MR) is 153 cm³/mol. The van der Waals surface area contributed by atoms with Crippen molar-refractivity contribution in [3.63, 3.8) is 0 Å². The molecule has 204 valence electrons. The minimum atomic E-state index is 0.639. The number of piperidine rings is 2. The van der Waals surface area contributed by atoms with Crippen LogP contribution in [0.4, 0.5) is 0 Å². The summed E-state index contributed by atoms with van der Waals surface area (Å²) < 4.78 is 13.2. The quantitative estimate of drug-likeness (QED) is 0.376. The monoisotopic (exact) mass is 516 g/mol. The van der Waals surface area contributed by atoms with Gasteiger partial charge in [-0.3, -0.25) is 4.90 Å². The molecule has 38 heavy (non-hydrogen) atoms. The van der Waals surface area contributed by atoms with Crippen LogP contribution >= 0.6 is 0 Å². The van der Waals surface area contributed by atoms with Crippen molar-refractivity contribution in [1.82, 2.24) is 19.2 Å². The standard InChI is InChI=1S/C32H44N4O2/c1-21(2)18-34-12-10-26(11-13-34)36-27-7-8-28(36)16-24(15-27)25-14-22(3)32-33-29(20-35(32)19-25)23-6-9-30(37-4)31(17-23)38-5/h6,9,14,17,19-21,24,26-28H,7-8,10-13,15-16,18H2,1-5H3. The van der Waals surface area contributed by atoms with Crippen molar-refractivity contribution in [3.05, 3.63) is 47.8 Å². The second-order valence-corrected chi connectivity index (χ2v) is 12.3. The van der Waals surface area contributed by atoms with E-state index in [9.17, 15) is 0 Å². The van der Waals surface area contributed by atoms with Crippen molar-refractivity contribution < 1.29 is 9.47 Å². The Morgan fingerprint density at radius 1 is 0.895 bits per heavy atom. The zero-order valence-electron chi connectivity index (χ0n) is 23.8. The first-order chi connectivity index (χ1) is 18.4. The number of nitrogens with zero attached hydrogens (tertiary/aromatic N) is 4. The van der Waals surface area contributed by atoms with Gasteiger partial charge in [0.05, 0.1) is 19.9 Å². The van der Waals surface area contributed by atoms with E-state index in [-0.39, 0.29) is 0 Å². The van der Waals surface area contributed by atoms with E-state index in [0.29, 0.717) is 5.92 Å². The maximum absolute atomic E-state index is 5.53. The van der Waals surface area contributed by atoms with Gasteiger partial charge in [0.2, 0.25) is 0 Å². The van der Waals surface area contributed by atoms with Crippen LogP contribution < -0.4 is 9.47 Å². The van der Waals surface area contributed by atoms with Crippen molar-refractivity contribution in [2.75, 3.05) is 33.9 Å². The fraction of sp³-hybridized carbons (Fsp3) is 0.594. The Hall–Kier alpha value is -2.57. The first kappa shape index (κ1) is 25.7. The smallest absolute Gasteiger partial charge is 0.161 e. The summed E-state index contributed by atoms with van der Waals surface area (Å²) in [5.74, 6) is 2.87. The van der Waals surface area contributed by atoms with Crippen molar-refractivity contribution in [2.24, 2.45) is 5.92 Å². The SMILES string of the molecule is COc1ccc(-c2cn3cc(C4CC5CCC(C4)N5C4CCN(CC(C)C)CC4)cc(C)c3n2)cc1OC. The first-order valence-electron chi connectivity index (χ1n) is 14.6. The molecule has 2 aromatic heterocycles. The summed E-state index contributed by atoms with van der Waals surface area (Å²) in [6, 6.07) is 10.7. The minimum Gasteiger partial charge on any atom is -0.493 e. The van der Waals surface area contributed by atoms with Crippen LogP contribution in [0.25, 0.3) is 16.9 Å². The number of imidazole rings is 1. The van der Waals surface area contributed by atoms with Crippen LogP contribution in [0.5, 0.6) is 11.5 Å². The molecule has 0 amide bonds. The molecule has 6 nitrogen and oxygen atoms in total. The molecular weight excluding hydrogens is 472 g/mol. The molecule has 6 rings (SSSR count). The Balaban J connectivity index is 1.19. The van der Waals surface area contributed by atoms with Gasteiger partial charge < -0.3 is 18.8 Å². The molecule has 2 bridgehead atoms. The number of methoxy groups -OCH3 is 2. The zero-order valence-corrected chi connectivity index (χ0v) is 23.8. The number of aryl methyl sites for hydroxylation is 1. The largest absolute Gasteiger partial charge is 0.493 e. The van der Waals surface area contributed by atoms with E-state index < -0.39 is 0 Å². The Bertz CT molecular complexity index is 1260. The molecule has 3 aromatic rings. The molecule has 3 saturated heterocycles. The summed E-state index contributed by atoms with van der Waals surface area (Å²) in [6.07, 6.45) is 12.6. The van der Waals surface area contributed by atoms with Crippen LogP contribution in [-0.4, -0.2) is 71.2 Å². The van der Waals surface area contributed by atoms with Gasteiger partial charge in [0.25, 0.3) is 0 Å². The summed E-state index contributed by atoms with van der Waals surface area (Å²) in [5.41, 5.74) is 5.77. The van der Waals surface area contributed by atoms with Gasteiger partial charge in [-0.15, -0.1) is 0 Å². The van der Waals surface area contributed by atoms with Crippen molar-refractivity contribution in [2.45, 2.75) is 83.3 Å². The van der Waals surface area contributed by atoms with Crippen LogP contribution in [0, 0.1) is 12.8 Å². The van der Waals surface area contributed by atoms with Crippen molar-refractivity contribution in [1.29, 1.82) is 0 Å². The number of pyridine rings is 1. The van der Waals surface area contributed by atoms with Crippen molar-refractivity contribution in [3.8, 4) is 22.8 Å². The summed E-state index contributed by atoms with van der Waals surface area (Å²) in [7, 11) is 3.34. The van der Waals surface area contributed by atoms with E-state index in [1.165, 1.54) is 69.3 Å². The van der Waals surface area contributed by atoms with Gasteiger partial charge in [-0.1, -0.05) is 19.9 Å². The van der Waals surface area contributed by atoms with Gasteiger partial charge in [0, 0.05) is 42.6 Å². The van der Waals surface area contributed by atoms with E-state index in [1.807, 2.05) is 12.1 Å². The highest BCUT2D eigenvalue weighted by Crippen LogP contribution is 2.45. The molecule has 2 atom stereocenters. The highest BCUT2D eigenvalue weighted by atomic mass is 16.5. The van der Waals surface area contributed by atoms with Crippen LogP contribution in [0.15, 0.2) is 36.7 Å². The van der Waals surface area contributed by atoms with Gasteiger partial charge in [0.15, 0.2) is 11.5 Å². The third kappa shape index (κ3) is 4.82. The molecule has 0 spiro atoms. The normalized spacial score (nSPS) is 24.9. The lowest BCUT2D eigenvalue weighted by atomic mass is 9.83. The van der Waals surface area contributed by atoms with Gasteiger partial charge in [-0.05, 0) is 99.7 Å². The number of aromatic nitrogens is 2. The topological polar surface area (TPSA) is 42.2 Å². The molecule has 6 heteroatoms. The highest BCUT2D eigenvalue weighted by molar-refractivity contribution is 5.67. The number of rotatable bonds is 7. The van der Waals surface area contributed by atoms with Gasteiger partial charge >= 0.3 is 0 Å². The fourth-order valence-corrected chi connectivity index (χ4v) is 7.65. The summed E-state index contributed by atoms with van der Waals surface area (Å²) in [5, 5.41) is 0. The number of ether oxygens (including phenoxy) is 2. The van der Waals surface area contributed by atoms with Crippen LogP contribution in [0.1, 0.15) is 69.4 Å². The molecule has 3 fully saturated rings. The Labute approximate surface area is 227 Å². The van der Waals surface area contributed by atoms with Gasteiger partial charge in [-0.2, -0.15) is 0 Å². The summed E-state index contributed by atoms with van der Waals surface area (Å²) in [6.45, 7) is 10.7. The maximum Gasteiger partial charge on any atom is 0.161 e. The maximum atomic E-state index is 5.53. The summed E-state index contributed by atoms with van der Waals surface area (Å²) in [4.78, 5) is 10.7. The average molecular weight is 517 g/mol. The molecule has 0 N–H and O–H groups in total. The highest BCUT2D eigenvalue weighted by Gasteiger charge is 2.44. The van der Waals surface area contributed by atoms with E-state index >= 15 is 0 Å². The average Bonchev–Trinajstić information content (AvgIpc) is 3.46. The Kier molecular flexibility index (Phi) is 7.12. The van der Waals surface area contributed by atoms with E-state index in [2.05, 4.69) is 59.5 Å². The number of likely N-dealkylation sites (tertiary alicyclic amines) is 1. The number of hydrogen-bond donors (Lipinski definition) is 0. The third-order valence-corrected chi connectivity index (χ3v) is 9.30. The zero-order chi connectivity index (χ0) is 26.4. The Morgan fingerprint density at radius 2 is 1.61 bits per heavy atom. The first-order valence-corrected chi connectivity index (χ1v) is 14.6. The molecular formula is C32H44N4O2. The number of benzene rings is 1. The second-order valence-electron chi connectivity index (χ2n) is 12.3. The van der Waals surface area contributed by atoms with E-state index in [1.54, 1.807) is 14.2 Å². The molecule has 0 aliphatic carbocycles. The number of hydrogen-bond acceptors (Lipinski definition) is 5. The lowest BCUT2D eigenvalue weighted by Crippen LogP contribution is -2.52. The molecule has 0 saturated carbocycles. The molecule has 5 heterocycles. The van der Waals surface area contributed by atoms with Crippen LogP contribution in [-0.2, 0) is 0 Å². The molecule has 1 aromatic carbocycles. The number of fused-ring (bicyclic) bond motifs is 3. The lowest BCUT2D eigenvalue weighted by molar-refractivity contribution is 0.0353. The van der Waals surface area contributed by atoms with E-state index in [4.69, 9.17) is 14.5 Å². The Morgan fingerprint density at radius 3 is 2.26 bits per heavy atom. The van der Waals surface area contributed by atoms with Crippen LogP contribution in [0.3, 0.4) is 0 Å². The lowest BCUT2D eigenvalue weighted by Gasteiger charge is -2.46. The van der Waals surface area contributed by atoms with Gasteiger partial charge in [0.1, 0.15) is 5.65 Å². The molecule has 0 radical (unpaired) electrons. The fourth-order valence-electron chi connectivity index (χ4n) is 7.65. The predicted octanol–water partition coefficient (Wildman–Crippen LogP) is 6.16. The van der Waals surface area contributed by atoms with Gasteiger partial charge in [-0.25, -0.2) is 4.98 Å². The molecule has 3 aliphatic rings. The minimum absolute atomic E-state index is 0.639.